The Hall–Kier alpha value is -3.48. The van der Waals surface area contributed by atoms with Crippen molar-refractivity contribution in [3.05, 3.63) is 54.1 Å². The number of rotatable bonds is 4. The lowest BCUT2D eigenvalue weighted by molar-refractivity contribution is -0.131. The second kappa shape index (κ2) is 6.96. The number of imide groups is 1. The monoisotopic (exact) mass is 338 g/mol. The fourth-order valence-electron chi connectivity index (χ4n) is 2.31. The van der Waals surface area contributed by atoms with E-state index < -0.39 is 24.4 Å². The topological polar surface area (TPSA) is 98.5 Å². The maximum absolute atomic E-state index is 12.1. The van der Waals surface area contributed by atoms with Crippen molar-refractivity contribution in [1.82, 2.24) is 10.5 Å². The lowest BCUT2D eigenvalue weighted by Gasteiger charge is -2.04. The molecule has 7 nitrogen and oxygen atoms in total. The molecular weight excluding hydrogens is 324 g/mol. The van der Waals surface area contributed by atoms with E-state index >= 15 is 0 Å². The van der Waals surface area contributed by atoms with Gasteiger partial charge in [0.1, 0.15) is 5.52 Å². The number of esters is 1. The van der Waals surface area contributed by atoms with Crippen LogP contribution in [0.5, 0.6) is 0 Å². The van der Waals surface area contributed by atoms with Crippen molar-refractivity contribution in [2.45, 2.75) is 6.92 Å². The van der Waals surface area contributed by atoms with E-state index in [9.17, 15) is 14.4 Å². The number of hydrogen-bond donors (Lipinski definition) is 1. The molecule has 1 heterocycles. The van der Waals surface area contributed by atoms with Crippen LogP contribution in [0, 0.1) is 0 Å². The average Bonchev–Trinajstić information content (AvgIpc) is 3.03. The van der Waals surface area contributed by atoms with Gasteiger partial charge in [-0.3, -0.25) is 14.9 Å². The van der Waals surface area contributed by atoms with Gasteiger partial charge in [-0.25, -0.2) is 4.79 Å². The predicted molar refractivity (Wildman–Crippen MR) is 88.6 cm³/mol. The van der Waals surface area contributed by atoms with Gasteiger partial charge >= 0.3 is 5.97 Å². The van der Waals surface area contributed by atoms with Crippen LogP contribution in [0.3, 0.4) is 0 Å². The molecule has 3 rings (SSSR count). The summed E-state index contributed by atoms with van der Waals surface area (Å²) in [6.07, 6.45) is 0. The molecule has 25 heavy (non-hydrogen) atoms. The van der Waals surface area contributed by atoms with Gasteiger partial charge in [-0.2, -0.15) is 0 Å². The third-order valence-corrected chi connectivity index (χ3v) is 3.40. The van der Waals surface area contributed by atoms with Gasteiger partial charge in [0.05, 0.1) is 10.9 Å². The molecule has 0 saturated carbocycles. The summed E-state index contributed by atoms with van der Waals surface area (Å²) in [5.41, 5.74) is 1.68. The van der Waals surface area contributed by atoms with Crippen LogP contribution in [0.15, 0.2) is 53.1 Å². The molecule has 0 spiro atoms. The van der Waals surface area contributed by atoms with E-state index in [0.717, 1.165) is 5.56 Å². The maximum Gasteiger partial charge on any atom is 0.338 e. The highest BCUT2D eigenvalue weighted by Crippen LogP contribution is 2.29. The van der Waals surface area contributed by atoms with Gasteiger partial charge in [0.25, 0.3) is 5.91 Å². The summed E-state index contributed by atoms with van der Waals surface area (Å²) in [6, 6.07) is 14.1. The molecule has 0 aliphatic rings. The average molecular weight is 338 g/mol. The van der Waals surface area contributed by atoms with Crippen LogP contribution in [-0.2, 0) is 14.3 Å². The van der Waals surface area contributed by atoms with Gasteiger partial charge in [-0.1, -0.05) is 35.5 Å². The Morgan fingerprint density at radius 1 is 1.12 bits per heavy atom. The minimum absolute atomic E-state index is 0.253. The Morgan fingerprint density at radius 3 is 2.60 bits per heavy atom. The first-order valence-electron chi connectivity index (χ1n) is 7.47. The first kappa shape index (κ1) is 16.4. The van der Waals surface area contributed by atoms with Crippen LogP contribution in [0.2, 0.25) is 0 Å². The number of amides is 2. The molecule has 0 aliphatic heterocycles. The molecule has 0 aliphatic carbocycles. The van der Waals surface area contributed by atoms with Crippen molar-refractivity contribution in [1.29, 1.82) is 0 Å². The molecule has 0 fully saturated rings. The second-order valence-electron chi connectivity index (χ2n) is 5.29. The number of hydrogen-bond acceptors (Lipinski definition) is 6. The van der Waals surface area contributed by atoms with E-state index in [2.05, 4.69) is 5.16 Å². The van der Waals surface area contributed by atoms with Crippen molar-refractivity contribution >= 4 is 28.7 Å². The SMILES string of the molecule is CC(=O)NC(=O)COC(=O)c1ccc2noc(-c3ccccc3)c2c1. The van der Waals surface area contributed by atoms with Crippen LogP contribution in [0.4, 0.5) is 0 Å². The molecule has 1 N–H and O–H groups in total. The number of benzene rings is 2. The highest BCUT2D eigenvalue weighted by molar-refractivity contribution is 6.00. The van der Waals surface area contributed by atoms with E-state index in [1.54, 1.807) is 12.1 Å². The van der Waals surface area contributed by atoms with Crippen LogP contribution in [0.1, 0.15) is 17.3 Å². The Morgan fingerprint density at radius 2 is 1.88 bits per heavy atom. The number of ether oxygens (including phenoxy) is 1. The van der Waals surface area contributed by atoms with Crippen molar-refractivity contribution in [3.8, 4) is 11.3 Å². The first-order chi connectivity index (χ1) is 12.0. The number of carbonyl (C=O) groups excluding carboxylic acids is 3. The third kappa shape index (κ3) is 3.72. The van der Waals surface area contributed by atoms with E-state index in [1.807, 2.05) is 35.6 Å². The van der Waals surface area contributed by atoms with Crippen molar-refractivity contribution in [2.24, 2.45) is 0 Å². The molecule has 2 aromatic carbocycles. The molecule has 0 unspecified atom stereocenters. The van der Waals surface area contributed by atoms with Gasteiger partial charge in [0.2, 0.25) is 5.91 Å². The summed E-state index contributed by atoms with van der Waals surface area (Å²) >= 11 is 0. The normalized spacial score (nSPS) is 10.4. The van der Waals surface area contributed by atoms with Crippen LogP contribution in [-0.4, -0.2) is 29.5 Å². The Balaban J connectivity index is 1.82. The summed E-state index contributed by atoms with van der Waals surface area (Å²) in [5, 5.41) is 6.66. The van der Waals surface area contributed by atoms with Crippen molar-refractivity contribution in [2.75, 3.05) is 6.61 Å². The Bertz CT molecular complexity index is 947. The molecule has 0 saturated heterocycles. The van der Waals surface area contributed by atoms with Gasteiger partial charge < -0.3 is 9.26 Å². The molecule has 3 aromatic rings. The summed E-state index contributed by atoms with van der Waals surface area (Å²) in [5.74, 6) is -1.34. The van der Waals surface area contributed by atoms with E-state index in [0.29, 0.717) is 16.7 Å². The molecule has 1 aromatic heterocycles. The molecule has 0 radical (unpaired) electrons. The Kier molecular flexibility index (Phi) is 4.56. The summed E-state index contributed by atoms with van der Waals surface area (Å²) < 4.78 is 10.3. The fourth-order valence-corrected chi connectivity index (χ4v) is 2.31. The minimum Gasteiger partial charge on any atom is -0.452 e. The van der Waals surface area contributed by atoms with Gasteiger partial charge in [-0.15, -0.1) is 0 Å². The molecule has 0 bridgehead atoms. The van der Waals surface area contributed by atoms with Crippen molar-refractivity contribution in [3.63, 3.8) is 0 Å². The van der Waals surface area contributed by atoms with Gasteiger partial charge in [0.15, 0.2) is 12.4 Å². The smallest absolute Gasteiger partial charge is 0.338 e. The molecule has 0 atom stereocenters. The van der Waals surface area contributed by atoms with Crippen LogP contribution < -0.4 is 5.32 Å². The highest BCUT2D eigenvalue weighted by Gasteiger charge is 2.15. The first-order valence-corrected chi connectivity index (χ1v) is 7.47. The number of carbonyl (C=O) groups is 3. The predicted octanol–water partition coefficient (Wildman–Crippen LogP) is 2.31. The second-order valence-corrected chi connectivity index (χ2v) is 5.29. The summed E-state index contributed by atoms with van der Waals surface area (Å²) in [4.78, 5) is 34.2. The van der Waals surface area contributed by atoms with Gasteiger partial charge in [-0.05, 0) is 18.2 Å². The van der Waals surface area contributed by atoms with Crippen molar-refractivity contribution < 1.29 is 23.6 Å². The van der Waals surface area contributed by atoms with Crippen LogP contribution in [0.25, 0.3) is 22.2 Å². The molecular formula is C18H14N2O5. The summed E-state index contributed by atoms with van der Waals surface area (Å²) in [6.45, 7) is 0.663. The standard InChI is InChI=1S/C18H14N2O5/c1-11(21)19-16(22)10-24-18(23)13-7-8-15-14(9-13)17(25-20-15)12-5-3-2-4-6-12/h2-9H,10H2,1H3,(H,19,21,22). The lowest BCUT2D eigenvalue weighted by atomic mass is 10.1. The number of nitrogens with one attached hydrogen (secondary N) is 1. The largest absolute Gasteiger partial charge is 0.452 e. The van der Waals surface area contributed by atoms with E-state index in [1.165, 1.54) is 13.0 Å². The lowest BCUT2D eigenvalue weighted by Crippen LogP contribution is -2.32. The highest BCUT2D eigenvalue weighted by atomic mass is 16.5. The minimum atomic E-state index is -0.683. The number of fused-ring (bicyclic) bond motifs is 1. The zero-order valence-corrected chi connectivity index (χ0v) is 13.3. The number of nitrogens with zero attached hydrogens (tertiary/aromatic N) is 1. The number of aromatic nitrogens is 1. The summed E-state index contributed by atoms with van der Waals surface area (Å²) in [7, 11) is 0. The van der Waals surface area contributed by atoms with E-state index in [-0.39, 0.29) is 5.56 Å². The zero-order valence-electron chi connectivity index (χ0n) is 13.3. The van der Waals surface area contributed by atoms with Gasteiger partial charge in [0, 0.05) is 12.5 Å². The quantitative estimate of drug-likeness (QED) is 0.733. The maximum atomic E-state index is 12.1. The molecule has 7 heteroatoms. The molecule has 2 amide bonds. The van der Waals surface area contributed by atoms with Crippen LogP contribution >= 0.6 is 0 Å². The van der Waals surface area contributed by atoms with E-state index in [4.69, 9.17) is 9.26 Å². The Labute approximate surface area is 142 Å². The fraction of sp³-hybridized carbons (Fsp3) is 0.111. The zero-order chi connectivity index (χ0) is 17.8. The molecule has 126 valence electrons. The third-order valence-electron chi connectivity index (χ3n) is 3.40.